The number of urea groups is 1. The third-order valence-corrected chi connectivity index (χ3v) is 5.65. The second-order valence-corrected chi connectivity index (χ2v) is 8.43. The van der Waals surface area contributed by atoms with Gasteiger partial charge in [0.25, 0.3) is 11.8 Å². The lowest BCUT2D eigenvalue weighted by Crippen LogP contribution is -2.54. The molecular formula is C25H15ClF3N3O6. The van der Waals surface area contributed by atoms with Gasteiger partial charge in [-0.25, -0.2) is 9.69 Å². The molecule has 38 heavy (non-hydrogen) atoms. The van der Waals surface area contributed by atoms with Crippen LogP contribution in [0.25, 0.3) is 6.08 Å². The number of carbonyl (C=O) groups is 3. The van der Waals surface area contributed by atoms with Crippen LogP contribution >= 0.6 is 11.6 Å². The largest absolute Gasteiger partial charge is 0.450 e. The van der Waals surface area contributed by atoms with Gasteiger partial charge in [-0.05, 0) is 60.5 Å². The monoisotopic (exact) mass is 545 g/mol. The standard InChI is InChI=1S/C25H15ClF3N3O6/c1-13-2-6-16(26)12-19(13)31-23(34)18(22(33)30-24(31)35)10-14-3-7-17(8-4-14)38-21-9-5-15(25(27,28)29)11-20(21)32(36)37/h2-12H,1H3,(H,30,33,35)/b18-10+. The molecule has 4 rings (SSSR count). The number of alkyl halides is 3. The topological polar surface area (TPSA) is 119 Å². The molecule has 194 valence electrons. The van der Waals surface area contributed by atoms with Crippen LogP contribution < -0.4 is 15.0 Å². The maximum atomic E-state index is 13.1. The van der Waals surface area contributed by atoms with E-state index in [0.717, 1.165) is 11.0 Å². The number of nitro groups is 1. The van der Waals surface area contributed by atoms with E-state index in [-0.39, 0.29) is 22.0 Å². The van der Waals surface area contributed by atoms with Crippen molar-refractivity contribution >= 4 is 46.9 Å². The first-order valence-electron chi connectivity index (χ1n) is 10.7. The number of rotatable bonds is 5. The zero-order valence-electron chi connectivity index (χ0n) is 19.2. The van der Waals surface area contributed by atoms with E-state index in [9.17, 15) is 37.7 Å². The van der Waals surface area contributed by atoms with Crippen LogP contribution in [-0.4, -0.2) is 22.8 Å². The fourth-order valence-corrected chi connectivity index (χ4v) is 3.71. The Bertz CT molecular complexity index is 1520. The first-order valence-corrected chi connectivity index (χ1v) is 11.0. The minimum absolute atomic E-state index is 0.0424. The Morgan fingerprint density at radius 1 is 1.03 bits per heavy atom. The van der Waals surface area contributed by atoms with E-state index in [2.05, 4.69) is 5.32 Å². The van der Waals surface area contributed by atoms with Crippen LogP contribution in [0, 0.1) is 17.0 Å². The molecule has 1 aliphatic rings. The molecule has 1 fully saturated rings. The third-order valence-electron chi connectivity index (χ3n) is 5.42. The van der Waals surface area contributed by atoms with Crippen molar-refractivity contribution in [2.75, 3.05) is 4.90 Å². The van der Waals surface area contributed by atoms with E-state index in [0.29, 0.717) is 23.3 Å². The fourth-order valence-electron chi connectivity index (χ4n) is 3.55. The number of aryl methyl sites for hydroxylation is 1. The molecule has 0 spiro atoms. The summed E-state index contributed by atoms with van der Waals surface area (Å²) in [6, 6.07) is 11.0. The number of nitrogens with zero attached hydrogens (tertiary/aromatic N) is 2. The second-order valence-electron chi connectivity index (χ2n) is 8.00. The smallest absolute Gasteiger partial charge is 0.416 e. The van der Waals surface area contributed by atoms with Gasteiger partial charge in [-0.2, -0.15) is 13.2 Å². The number of ether oxygens (including phenoxy) is 1. The Morgan fingerprint density at radius 2 is 1.71 bits per heavy atom. The van der Waals surface area contributed by atoms with Gasteiger partial charge in [0.2, 0.25) is 5.75 Å². The lowest BCUT2D eigenvalue weighted by molar-refractivity contribution is -0.385. The van der Waals surface area contributed by atoms with Gasteiger partial charge in [-0.1, -0.05) is 29.8 Å². The Labute approximate surface area is 217 Å². The lowest BCUT2D eigenvalue weighted by atomic mass is 10.1. The van der Waals surface area contributed by atoms with E-state index in [1.54, 1.807) is 19.1 Å². The van der Waals surface area contributed by atoms with Crippen molar-refractivity contribution < 1.29 is 37.2 Å². The molecular weight excluding hydrogens is 531 g/mol. The highest BCUT2D eigenvalue weighted by Gasteiger charge is 2.37. The summed E-state index contributed by atoms with van der Waals surface area (Å²) >= 11 is 6.00. The predicted octanol–water partition coefficient (Wildman–Crippen LogP) is 6.03. The van der Waals surface area contributed by atoms with E-state index < -0.39 is 45.9 Å². The zero-order chi connectivity index (χ0) is 27.8. The van der Waals surface area contributed by atoms with Crippen molar-refractivity contribution in [2.24, 2.45) is 0 Å². The minimum atomic E-state index is -4.77. The van der Waals surface area contributed by atoms with Crippen molar-refractivity contribution in [1.82, 2.24) is 5.32 Å². The highest BCUT2D eigenvalue weighted by atomic mass is 35.5. The van der Waals surface area contributed by atoms with Gasteiger partial charge in [-0.15, -0.1) is 0 Å². The number of hydrogen-bond donors (Lipinski definition) is 1. The molecule has 4 amide bonds. The van der Waals surface area contributed by atoms with E-state index in [1.165, 1.54) is 36.4 Å². The molecule has 3 aromatic rings. The molecule has 3 aromatic carbocycles. The Morgan fingerprint density at radius 3 is 2.34 bits per heavy atom. The summed E-state index contributed by atoms with van der Waals surface area (Å²) in [7, 11) is 0. The Hall–Kier alpha value is -4.71. The number of amides is 4. The summed E-state index contributed by atoms with van der Waals surface area (Å²) in [5.41, 5.74) is -1.34. The average molecular weight is 546 g/mol. The summed E-state index contributed by atoms with van der Waals surface area (Å²) < 4.78 is 44.1. The van der Waals surface area contributed by atoms with Gasteiger partial charge in [0, 0.05) is 11.1 Å². The zero-order valence-corrected chi connectivity index (χ0v) is 20.0. The number of halogens is 4. The van der Waals surface area contributed by atoms with E-state index >= 15 is 0 Å². The number of anilines is 1. The number of carbonyl (C=O) groups excluding carboxylic acids is 3. The molecule has 1 N–H and O–H groups in total. The molecule has 0 radical (unpaired) electrons. The van der Waals surface area contributed by atoms with Crippen LogP contribution in [0.5, 0.6) is 11.5 Å². The van der Waals surface area contributed by atoms with Gasteiger partial charge in [0.1, 0.15) is 11.3 Å². The predicted molar refractivity (Wildman–Crippen MR) is 130 cm³/mol. The van der Waals surface area contributed by atoms with Crippen LogP contribution in [-0.2, 0) is 15.8 Å². The average Bonchev–Trinajstić information content (AvgIpc) is 2.84. The van der Waals surface area contributed by atoms with Crippen LogP contribution in [0.1, 0.15) is 16.7 Å². The highest BCUT2D eigenvalue weighted by Crippen LogP contribution is 2.38. The summed E-state index contributed by atoms with van der Waals surface area (Å²) in [5, 5.41) is 13.6. The van der Waals surface area contributed by atoms with Crippen LogP contribution in [0.15, 0.2) is 66.2 Å². The van der Waals surface area contributed by atoms with Crippen LogP contribution in [0.3, 0.4) is 0 Å². The second kappa shape index (κ2) is 9.98. The first-order chi connectivity index (χ1) is 17.8. The van der Waals surface area contributed by atoms with E-state index in [4.69, 9.17) is 16.3 Å². The SMILES string of the molecule is Cc1ccc(Cl)cc1N1C(=O)NC(=O)/C(=C\c2ccc(Oc3ccc(C(F)(F)F)cc3[N+](=O)[O-])cc2)C1=O. The van der Waals surface area contributed by atoms with Crippen molar-refractivity contribution in [2.45, 2.75) is 13.1 Å². The molecule has 0 saturated carbocycles. The number of hydrogen-bond acceptors (Lipinski definition) is 6. The molecule has 0 bridgehead atoms. The number of barbiturate groups is 1. The molecule has 1 aliphatic heterocycles. The summed E-state index contributed by atoms with van der Waals surface area (Å²) in [6.45, 7) is 1.66. The lowest BCUT2D eigenvalue weighted by Gasteiger charge is -2.27. The van der Waals surface area contributed by atoms with Gasteiger partial charge in [0.05, 0.1) is 16.2 Å². The van der Waals surface area contributed by atoms with Crippen LogP contribution in [0.4, 0.5) is 29.3 Å². The van der Waals surface area contributed by atoms with Crippen molar-refractivity contribution in [3.63, 3.8) is 0 Å². The van der Waals surface area contributed by atoms with Gasteiger partial charge < -0.3 is 4.74 Å². The molecule has 1 heterocycles. The van der Waals surface area contributed by atoms with Gasteiger partial charge in [-0.3, -0.25) is 25.0 Å². The Balaban J connectivity index is 1.60. The van der Waals surface area contributed by atoms with Gasteiger partial charge in [0.15, 0.2) is 0 Å². The van der Waals surface area contributed by atoms with E-state index in [1.807, 2.05) is 0 Å². The first kappa shape index (κ1) is 26.4. The number of nitro benzene ring substituents is 1. The van der Waals surface area contributed by atoms with Crippen molar-refractivity contribution in [3.05, 3.63) is 98.1 Å². The summed E-state index contributed by atoms with van der Waals surface area (Å²) in [6.07, 6.45) is -3.55. The minimum Gasteiger partial charge on any atom is -0.450 e. The van der Waals surface area contributed by atoms with Crippen LogP contribution in [0.2, 0.25) is 5.02 Å². The number of imide groups is 2. The maximum absolute atomic E-state index is 13.1. The molecule has 1 saturated heterocycles. The molecule has 0 atom stereocenters. The summed E-state index contributed by atoms with van der Waals surface area (Å²) in [4.78, 5) is 49.0. The number of benzene rings is 3. The highest BCUT2D eigenvalue weighted by molar-refractivity contribution is 6.39. The van der Waals surface area contributed by atoms with Gasteiger partial charge >= 0.3 is 17.9 Å². The summed E-state index contributed by atoms with van der Waals surface area (Å²) in [5.74, 6) is -2.18. The third kappa shape index (κ3) is 5.34. The quantitative estimate of drug-likeness (QED) is 0.181. The molecule has 0 unspecified atom stereocenters. The van der Waals surface area contributed by atoms with Crippen molar-refractivity contribution in [1.29, 1.82) is 0 Å². The fraction of sp³-hybridized carbons (Fsp3) is 0.0800. The molecule has 13 heteroatoms. The van der Waals surface area contributed by atoms with Crippen molar-refractivity contribution in [3.8, 4) is 11.5 Å². The molecule has 9 nitrogen and oxygen atoms in total. The number of nitrogens with one attached hydrogen (secondary N) is 1. The normalized spacial score (nSPS) is 15.0. The Kier molecular flexibility index (Phi) is 6.92. The maximum Gasteiger partial charge on any atom is 0.416 e. The molecule has 0 aliphatic carbocycles. The molecule has 0 aromatic heterocycles.